The van der Waals surface area contributed by atoms with Crippen molar-refractivity contribution in [3.8, 4) is 0 Å². The van der Waals surface area contributed by atoms with Gasteiger partial charge in [-0.25, -0.2) is 0 Å². The topological polar surface area (TPSA) is 44.1 Å². The molecule has 0 aliphatic heterocycles. The highest BCUT2D eigenvalue weighted by atomic mass is 16.5. The molecule has 0 fully saturated rings. The predicted molar refractivity (Wildman–Crippen MR) is 76.3 cm³/mol. The van der Waals surface area contributed by atoms with Crippen LogP contribution in [0.15, 0.2) is 12.3 Å². The van der Waals surface area contributed by atoms with E-state index in [-0.39, 0.29) is 11.9 Å². The van der Waals surface area contributed by atoms with Crippen LogP contribution in [-0.2, 0) is 16.0 Å². The summed E-state index contributed by atoms with van der Waals surface area (Å²) >= 11 is 0. The Balaban J connectivity index is 2.64. The van der Waals surface area contributed by atoms with Gasteiger partial charge in [-0.2, -0.15) is 5.10 Å². The van der Waals surface area contributed by atoms with Crippen LogP contribution >= 0.6 is 0 Å². The van der Waals surface area contributed by atoms with Crippen LogP contribution in [0, 0.1) is 0 Å². The second-order valence-corrected chi connectivity index (χ2v) is 4.91. The van der Waals surface area contributed by atoms with E-state index in [0.29, 0.717) is 12.5 Å². The van der Waals surface area contributed by atoms with Crippen molar-refractivity contribution in [2.75, 3.05) is 7.11 Å². The molecule has 1 unspecified atom stereocenters. The van der Waals surface area contributed by atoms with Crippen LogP contribution in [0.3, 0.4) is 0 Å². The molecule has 0 aliphatic rings. The van der Waals surface area contributed by atoms with Crippen LogP contribution in [0.5, 0.6) is 0 Å². The number of Topliss-reactive ketones (excluding diaryl/α,β-unsaturated/α-hetero) is 1. The van der Waals surface area contributed by atoms with Gasteiger partial charge in [0.05, 0.1) is 18.2 Å². The van der Waals surface area contributed by atoms with Crippen LogP contribution in [0.4, 0.5) is 0 Å². The Bertz CT molecular complexity index is 383. The molecular formula is C15H26N2O2. The van der Waals surface area contributed by atoms with E-state index in [1.165, 1.54) is 0 Å². The van der Waals surface area contributed by atoms with E-state index in [1.807, 2.05) is 16.9 Å². The van der Waals surface area contributed by atoms with E-state index in [0.717, 1.165) is 31.4 Å². The summed E-state index contributed by atoms with van der Waals surface area (Å²) < 4.78 is 7.21. The normalized spacial score (nSPS) is 12.9. The SMILES string of the molecule is CCCC(OC)C(=O)Cc1ccn(C(CC)CC)n1. The standard InChI is InChI=1S/C15H26N2O2/c1-5-8-15(19-4)14(18)11-12-9-10-17(16-12)13(6-2)7-3/h9-10,13,15H,5-8,11H2,1-4H3. The van der Waals surface area contributed by atoms with Gasteiger partial charge in [0.2, 0.25) is 0 Å². The van der Waals surface area contributed by atoms with Gasteiger partial charge in [-0.05, 0) is 25.3 Å². The maximum Gasteiger partial charge on any atom is 0.167 e. The van der Waals surface area contributed by atoms with Crippen LogP contribution in [0.25, 0.3) is 0 Å². The molecule has 1 aromatic heterocycles. The van der Waals surface area contributed by atoms with Gasteiger partial charge in [-0.3, -0.25) is 9.48 Å². The fourth-order valence-corrected chi connectivity index (χ4v) is 2.30. The van der Waals surface area contributed by atoms with E-state index in [4.69, 9.17) is 4.74 Å². The van der Waals surface area contributed by atoms with Crippen LogP contribution in [0.2, 0.25) is 0 Å². The molecule has 0 aromatic carbocycles. The van der Waals surface area contributed by atoms with Gasteiger partial charge in [-0.1, -0.05) is 27.2 Å². The summed E-state index contributed by atoms with van der Waals surface area (Å²) in [6, 6.07) is 2.37. The number of nitrogens with zero attached hydrogens (tertiary/aromatic N) is 2. The number of carbonyl (C=O) groups is 1. The molecule has 108 valence electrons. The van der Waals surface area contributed by atoms with Crippen molar-refractivity contribution in [3.05, 3.63) is 18.0 Å². The lowest BCUT2D eigenvalue weighted by Gasteiger charge is -2.13. The minimum atomic E-state index is -0.289. The molecule has 0 bridgehead atoms. The van der Waals surface area contributed by atoms with E-state index >= 15 is 0 Å². The number of rotatable bonds is 9. The highest BCUT2D eigenvalue weighted by Crippen LogP contribution is 2.15. The van der Waals surface area contributed by atoms with Gasteiger partial charge >= 0.3 is 0 Å². The first kappa shape index (κ1) is 15.9. The van der Waals surface area contributed by atoms with Gasteiger partial charge in [0, 0.05) is 13.3 Å². The molecule has 0 spiro atoms. The van der Waals surface area contributed by atoms with Crippen molar-refractivity contribution < 1.29 is 9.53 Å². The number of hydrogen-bond acceptors (Lipinski definition) is 3. The summed E-state index contributed by atoms with van der Waals surface area (Å²) in [5, 5.41) is 4.51. The molecule has 1 rings (SSSR count). The number of carbonyl (C=O) groups excluding carboxylic acids is 1. The van der Waals surface area contributed by atoms with Crippen molar-refractivity contribution in [2.45, 2.75) is 65.0 Å². The first-order chi connectivity index (χ1) is 9.15. The summed E-state index contributed by atoms with van der Waals surface area (Å²) in [7, 11) is 1.60. The van der Waals surface area contributed by atoms with E-state index < -0.39 is 0 Å². The van der Waals surface area contributed by atoms with Crippen molar-refractivity contribution in [1.82, 2.24) is 9.78 Å². The molecule has 0 amide bonds. The smallest absolute Gasteiger partial charge is 0.167 e. The third kappa shape index (κ3) is 4.46. The van der Waals surface area contributed by atoms with Gasteiger partial charge in [0.25, 0.3) is 0 Å². The number of methoxy groups -OCH3 is 1. The Labute approximate surface area is 116 Å². The lowest BCUT2D eigenvalue weighted by atomic mass is 10.1. The van der Waals surface area contributed by atoms with Crippen molar-refractivity contribution in [1.29, 1.82) is 0 Å². The zero-order chi connectivity index (χ0) is 14.3. The van der Waals surface area contributed by atoms with Crippen molar-refractivity contribution in [2.24, 2.45) is 0 Å². The number of aromatic nitrogens is 2. The maximum atomic E-state index is 12.1. The average molecular weight is 266 g/mol. The van der Waals surface area contributed by atoms with Crippen LogP contribution in [-0.4, -0.2) is 28.8 Å². The highest BCUT2D eigenvalue weighted by Gasteiger charge is 2.18. The summed E-state index contributed by atoms with van der Waals surface area (Å²) in [6.07, 6.45) is 5.90. The quantitative estimate of drug-likeness (QED) is 0.689. The summed E-state index contributed by atoms with van der Waals surface area (Å²) in [4.78, 5) is 12.1. The van der Waals surface area contributed by atoms with Crippen molar-refractivity contribution in [3.63, 3.8) is 0 Å². The number of ether oxygens (including phenoxy) is 1. The fourth-order valence-electron chi connectivity index (χ4n) is 2.30. The Morgan fingerprint density at radius 1 is 1.37 bits per heavy atom. The van der Waals surface area contributed by atoms with Crippen molar-refractivity contribution >= 4 is 5.78 Å². The fraction of sp³-hybridized carbons (Fsp3) is 0.733. The highest BCUT2D eigenvalue weighted by molar-refractivity contribution is 5.84. The molecule has 4 heteroatoms. The van der Waals surface area contributed by atoms with E-state index in [9.17, 15) is 4.79 Å². The Morgan fingerprint density at radius 3 is 2.58 bits per heavy atom. The molecule has 0 aliphatic carbocycles. The molecular weight excluding hydrogens is 240 g/mol. The molecule has 1 heterocycles. The second-order valence-electron chi connectivity index (χ2n) is 4.91. The molecule has 0 N–H and O–H groups in total. The summed E-state index contributed by atoms with van der Waals surface area (Å²) in [6.45, 7) is 6.37. The molecule has 1 atom stereocenters. The van der Waals surface area contributed by atoms with Gasteiger partial charge in [0.1, 0.15) is 6.10 Å². The minimum Gasteiger partial charge on any atom is -0.374 e. The predicted octanol–water partition coefficient (Wildman–Crippen LogP) is 3.17. The molecule has 0 saturated heterocycles. The monoisotopic (exact) mass is 266 g/mol. The Hall–Kier alpha value is -1.16. The maximum absolute atomic E-state index is 12.1. The molecule has 1 aromatic rings. The van der Waals surface area contributed by atoms with E-state index in [2.05, 4.69) is 25.9 Å². The summed E-state index contributed by atoms with van der Waals surface area (Å²) in [5.41, 5.74) is 0.843. The molecule has 4 nitrogen and oxygen atoms in total. The third-order valence-corrected chi connectivity index (χ3v) is 3.53. The molecule has 0 radical (unpaired) electrons. The number of hydrogen-bond donors (Lipinski definition) is 0. The average Bonchev–Trinajstić information content (AvgIpc) is 2.85. The zero-order valence-electron chi connectivity index (χ0n) is 12.6. The van der Waals surface area contributed by atoms with Gasteiger partial charge < -0.3 is 4.74 Å². The van der Waals surface area contributed by atoms with Crippen LogP contribution in [0.1, 0.15) is 58.2 Å². The first-order valence-electron chi connectivity index (χ1n) is 7.25. The minimum absolute atomic E-state index is 0.124. The Kier molecular flexibility index (Phi) is 6.78. The zero-order valence-corrected chi connectivity index (χ0v) is 12.6. The lowest BCUT2D eigenvalue weighted by Crippen LogP contribution is -2.24. The van der Waals surface area contributed by atoms with Gasteiger partial charge in [-0.15, -0.1) is 0 Å². The van der Waals surface area contributed by atoms with Crippen LogP contribution < -0.4 is 0 Å². The van der Waals surface area contributed by atoms with Gasteiger partial charge in [0.15, 0.2) is 5.78 Å². The summed E-state index contributed by atoms with van der Waals surface area (Å²) in [5.74, 6) is 0.124. The first-order valence-corrected chi connectivity index (χ1v) is 7.25. The lowest BCUT2D eigenvalue weighted by molar-refractivity contribution is -0.128. The third-order valence-electron chi connectivity index (χ3n) is 3.53. The molecule has 0 saturated carbocycles. The largest absolute Gasteiger partial charge is 0.374 e. The molecule has 19 heavy (non-hydrogen) atoms. The van der Waals surface area contributed by atoms with E-state index in [1.54, 1.807) is 7.11 Å². The Morgan fingerprint density at radius 2 is 2.05 bits per heavy atom. The second kappa shape index (κ2) is 8.10. The number of ketones is 1.